The number of aliphatic imine (C=N–C) groups is 1. The molecule has 4 aromatic carbocycles. The molecule has 0 spiro atoms. The number of hydrogen-bond acceptors (Lipinski definition) is 7. The molecule has 0 fully saturated rings. The summed E-state index contributed by atoms with van der Waals surface area (Å²) in [6.45, 7) is 0.875. The molecule has 0 bridgehead atoms. The number of carbonyl (C=O) groups excluding carboxylic acids is 1. The lowest BCUT2D eigenvalue weighted by Gasteiger charge is -2.31. The minimum atomic E-state index is -1.39. The van der Waals surface area contributed by atoms with E-state index < -0.39 is 11.6 Å². The van der Waals surface area contributed by atoms with E-state index in [1.54, 1.807) is 19.2 Å². The number of ether oxygens (including phenoxy) is 3. The molecule has 2 atom stereocenters. The molecule has 240 valence electrons. The summed E-state index contributed by atoms with van der Waals surface area (Å²) in [5, 5.41) is 10.2. The molecule has 0 aromatic heterocycles. The van der Waals surface area contributed by atoms with Gasteiger partial charge in [0, 0.05) is 46.1 Å². The number of hydrogen-bond donors (Lipinski definition) is 3. The summed E-state index contributed by atoms with van der Waals surface area (Å²) in [7, 11) is 1.60. The van der Waals surface area contributed by atoms with Crippen LogP contribution in [-0.2, 0) is 22.4 Å². The molecular formula is C35H34BrCl2N3O5. The average molecular weight is 727 g/mol. The number of aliphatic hydroxyl groups is 1. The van der Waals surface area contributed by atoms with E-state index in [-0.39, 0.29) is 18.9 Å². The van der Waals surface area contributed by atoms with Crippen molar-refractivity contribution in [2.75, 3.05) is 26.9 Å². The van der Waals surface area contributed by atoms with Crippen LogP contribution in [0.3, 0.4) is 0 Å². The Morgan fingerprint density at radius 2 is 1.80 bits per heavy atom. The lowest BCUT2D eigenvalue weighted by Crippen LogP contribution is -2.54. The molecule has 0 aliphatic carbocycles. The van der Waals surface area contributed by atoms with Crippen molar-refractivity contribution in [3.05, 3.63) is 128 Å². The van der Waals surface area contributed by atoms with Gasteiger partial charge in [0.1, 0.15) is 11.5 Å². The minimum Gasteiger partial charge on any atom is -0.497 e. The Labute approximate surface area is 286 Å². The molecule has 0 unspecified atom stereocenters. The van der Waals surface area contributed by atoms with Crippen molar-refractivity contribution in [2.24, 2.45) is 4.99 Å². The number of benzene rings is 4. The Morgan fingerprint density at radius 1 is 1.02 bits per heavy atom. The number of hydrazine groups is 1. The summed E-state index contributed by atoms with van der Waals surface area (Å²) in [5.41, 5.74) is 7.83. The summed E-state index contributed by atoms with van der Waals surface area (Å²) in [6.07, 6.45) is 0.570. The number of halogens is 3. The normalized spacial score (nSPS) is 17.2. The molecule has 46 heavy (non-hydrogen) atoms. The molecule has 1 aliphatic heterocycles. The van der Waals surface area contributed by atoms with Gasteiger partial charge in [-0.3, -0.25) is 10.2 Å². The topological polar surface area (TPSA) is 101 Å². The quantitative estimate of drug-likeness (QED) is 0.0967. The number of rotatable bonds is 14. The van der Waals surface area contributed by atoms with Gasteiger partial charge < -0.3 is 19.3 Å². The fourth-order valence-corrected chi connectivity index (χ4v) is 5.94. The fraction of sp³-hybridized carbons (Fsp3) is 0.257. The first-order chi connectivity index (χ1) is 22.3. The van der Waals surface area contributed by atoms with Crippen LogP contribution in [0.25, 0.3) is 0 Å². The van der Waals surface area contributed by atoms with E-state index in [4.69, 9.17) is 47.5 Å². The molecule has 1 amide bonds. The third-order valence-corrected chi connectivity index (χ3v) is 8.67. The monoisotopic (exact) mass is 725 g/mol. The van der Waals surface area contributed by atoms with Gasteiger partial charge in [-0.05, 0) is 83.8 Å². The van der Waals surface area contributed by atoms with Crippen molar-refractivity contribution in [1.29, 1.82) is 0 Å². The third kappa shape index (κ3) is 8.21. The number of nitrogens with one attached hydrogen (secondary N) is 2. The third-order valence-electron chi connectivity index (χ3n) is 7.55. The second-order valence-corrected chi connectivity index (χ2v) is 12.5. The number of amides is 1. The summed E-state index contributed by atoms with van der Waals surface area (Å²) >= 11 is 15.9. The second kappa shape index (κ2) is 15.8. The molecule has 5 rings (SSSR count). The number of nitrogens with zero attached hydrogens (tertiary/aromatic N) is 1. The Balaban J connectivity index is 1.48. The van der Waals surface area contributed by atoms with Gasteiger partial charge in [0.05, 0.1) is 13.7 Å². The highest BCUT2D eigenvalue weighted by Gasteiger charge is 2.53. The highest BCUT2D eigenvalue weighted by molar-refractivity contribution is 9.10. The van der Waals surface area contributed by atoms with Crippen LogP contribution in [0.15, 0.2) is 100 Å². The number of carbonyl (C=O) groups is 1. The van der Waals surface area contributed by atoms with Crippen LogP contribution in [0.5, 0.6) is 11.5 Å². The van der Waals surface area contributed by atoms with Crippen molar-refractivity contribution in [3.63, 3.8) is 0 Å². The van der Waals surface area contributed by atoms with Crippen LogP contribution in [-0.4, -0.2) is 49.3 Å². The van der Waals surface area contributed by atoms with Crippen LogP contribution >= 0.6 is 39.1 Å². The van der Waals surface area contributed by atoms with E-state index in [9.17, 15) is 4.79 Å². The van der Waals surface area contributed by atoms with E-state index in [1.165, 1.54) is 0 Å². The van der Waals surface area contributed by atoms with Gasteiger partial charge in [-0.15, -0.1) is 0 Å². The summed E-state index contributed by atoms with van der Waals surface area (Å²) < 4.78 is 18.7. The van der Waals surface area contributed by atoms with E-state index in [2.05, 4.69) is 26.8 Å². The van der Waals surface area contributed by atoms with Gasteiger partial charge in [-0.2, -0.15) is 0 Å². The first-order valence-corrected chi connectivity index (χ1v) is 16.3. The van der Waals surface area contributed by atoms with E-state index >= 15 is 0 Å². The zero-order chi connectivity index (χ0) is 32.5. The second-order valence-electron chi connectivity index (χ2n) is 10.7. The Morgan fingerprint density at radius 3 is 2.52 bits per heavy atom. The molecule has 8 nitrogen and oxygen atoms in total. The fourth-order valence-electron chi connectivity index (χ4n) is 5.17. The van der Waals surface area contributed by atoms with E-state index in [0.717, 1.165) is 21.2 Å². The predicted octanol–water partition coefficient (Wildman–Crippen LogP) is 6.89. The maximum absolute atomic E-state index is 14.4. The lowest BCUT2D eigenvalue weighted by molar-refractivity contribution is -0.130. The minimum absolute atomic E-state index is 0.0562. The highest BCUT2D eigenvalue weighted by Crippen LogP contribution is 2.43. The Hall–Kier alpha value is -3.60. The van der Waals surface area contributed by atoms with Gasteiger partial charge in [-0.25, -0.2) is 10.4 Å². The van der Waals surface area contributed by atoms with Crippen molar-refractivity contribution >= 4 is 50.9 Å². The molecule has 1 aliphatic rings. The van der Waals surface area contributed by atoms with Gasteiger partial charge in [0.15, 0.2) is 11.6 Å². The Kier molecular flexibility index (Phi) is 11.6. The smallest absolute Gasteiger partial charge is 0.266 e. The highest BCUT2D eigenvalue weighted by atomic mass is 79.9. The molecule has 1 heterocycles. The lowest BCUT2D eigenvalue weighted by atomic mass is 9.82. The van der Waals surface area contributed by atoms with E-state index in [1.807, 2.05) is 78.9 Å². The van der Waals surface area contributed by atoms with Gasteiger partial charge in [0.25, 0.3) is 5.91 Å². The van der Waals surface area contributed by atoms with Crippen LogP contribution in [0.4, 0.5) is 0 Å². The zero-order valence-corrected chi connectivity index (χ0v) is 28.2. The summed E-state index contributed by atoms with van der Waals surface area (Å²) in [6, 6.07) is 27.9. The van der Waals surface area contributed by atoms with Crippen LogP contribution in [0.2, 0.25) is 10.0 Å². The van der Waals surface area contributed by atoms with Crippen molar-refractivity contribution < 1.29 is 24.1 Å². The van der Waals surface area contributed by atoms with Crippen LogP contribution in [0.1, 0.15) is 34.8 Å². The van der Waals surface area contributed by atoms with Crippen molar-refractivity contribution in [2.45, 2.75) is 30.9 Å². The largest absolute Gasteiger partial charge is 0.497 e. The van der Waals surface area contributed by atoms with Crippen LogP contribution in [0, 0.1) is 0 Å². The number of aliphatic hydroxyl groups excluding tert-OH is 1. The molecule has 3 N–H and O–H groups in total. The van der Waals surface area contributed by atoms with Crippen molar-refractivity contribution in [1.82, 2.24) is 10.9 Å². The maximum Gasteiger partial charge on any atom is 0.266 e. The summed E-state index contributed by atoms with van der Waals surface area (Å²) in [4.78, 5) is 19.5. The Bertz CT molecular complexity index is 1670. The average Bonchev–Trinajstić information content (AvgIpc) is 3.46. The van der Waals surface area contributed by atoms with Gasteiger partial charge in [0.2, 0.25) is 5.90 Å². The SMILES string of the molecule is COc1cccc([C@@H]2OC(c3ccc(OCCCO)cc3)=N[C@]2(Cc2ccc(Br)cc2)C(=O)NNCCc2ccc(Cl)cc2Cl)c1. The van der Waals surface area contributed by atoms with Gasteiger partial charge >= 0.3 is 0 Å². The molecule has 0 saturated heterocycles. The van der Waals surface area contributed by atoms with E-state index in [0.29, 0.717) is 59.0 Å². The first-order valence-electron chi connectivity index (χ1n) is 14.8. The van der Waals surface area contributed by atoms with Crippen LogP contribution < -0.4 is 20.3 Å². The summed E-state index contributed by atoms with van der Waals surface area (Å²) in [5.74, 6) is 1.26. The molecule has 4 aromatic rings. The zero-order valence-electron chi connectivity index (χ0n) is 25.1. The number of methoxy groups -OCH3 is 1. The standard InChI is InChI=1S/C35H34BrCl2N3O5/c1-44-30-5-2-4-26(20-30)32-35(22-23-6-11-27(36)12-7-23,34(43)41-39-17-16-24-8-13-28(37)21-31(24)38)40-33(46-32)25-9-14-29(15-10-25)45-19-3-18-42/h2,4-15,20-21,32,39,42H,3,16-19,22H2,1H3,(H,41,43)/t32-,35-/m0/s1. The van der Waals surface area contributed by atoms with Gasteiger partial charge in [-0.1, -0.05) is 69.5 Å². The molecule has 11 heteroatoms. The molecule has 0 radical (unpaired) electrons. The molecular weight excluding hydrogens is 693 g/mol. The molecule has 0 saturated carbocycles. The maximum atomic E-state index is 14.4. The van der Waals surface area contributed by atoms with Crippen molar-refractivity contribution in [3.8, 4) is 11.5 Å². The first kappa shape index (κ1) is 33.8. The predicted molar refractivity (Wildman–Crippen MR) is 184 cm³/mol.